The Kier molecular flexibility index (Phi) is 4.48. The van der Waals surface area contributed by atoms with Gasteiger partial charge in [-0.3, -0.25) is 4.79 Å². The molecule has 18 heavy (non-hydrogen) atoms. The fourth-order valence-corrected chi connectivity index (χ4v) is 2.82. The first-order valence-corrected chi connectivity index (χ1v) is 7.15. The van der Waals surface area contributed by atoms with Gasteiger partial charge in [-0.15, -0.1) is 0 Å². The molecule has 1 atom stereocenters. The molecule has 0 radical (unpaired) electrons. The summed E-state index contributed by atoms with van der Waals surface area (Å²) in [5.41, 5.74) is 2.74. The van der Waals surface area contributed by atoms with Gasteiger partial charge in [-0.25, -0.2) is 13.1 Å². The van der Waals surface area contributed by atoms with Gasteiger partial charge in [0, 0.05) is 0 Å². The van der Waals surface area contributed by atoms with Crippen LogP contribution in [0.1, 0.15) is 23.6 Å². The Balaban J connectivity index is 2.82. The van der Waals surface area contributed by atoms with E-state index in [2.05, 4.69) is 4.72 Å². The number of nitrogens with one attached hydrogen (secondary N) is 1. The third kappa shape index (κ3) is 4.12. The van der Waals surface area contributed by atoms with Crippen molar-refractivity contribution < 1.29 is 18.3 Å². The van der Waals surface area contributed by atoms with Crippen LogP contribution in [0.15, 0.2) is 18.2 Å². The Hall–Kier alpha value is -1.40. The van der Waals surface area contributed by atoms with Crippen LogP contribution in [-0.2, 0) is 20.6 Å². The molecular formula is C12H17NO4S. The minimum absolute atomic E-state index is 0.217. The fraction of sp³-hybridized carbons (Fsp3) is 0.417. The number of aliphatic carboxylic acids is 1. The molecule has 0 aliphatic rings. The second-order valence-corrected chi connectivity index (χ2v) is 6.11. The highest BCUT2D eigenvalue weighted by Gasteiger charge is 2.19. The largest absolute Gasteiger partial charge is 0.480 e. The van der Waals surface area contributed by atoms with E-state index in [1.807, 2.05) is 19.9 Å². The number of benzene rings is 1. The second kappa shape index (κ2) is 5.49. The number of aryl methyl sites for hydroxylation is 2. The molecule has 0 fully saturated rings. The summed E-state index contributed by atoms with van der Waals surface area (Å²) in [4.78, 5) is 10.6. The van der Waals surface area contributed by atoms with Crippen molar-refractivity contribution in [2.75, 3.05) is 0 Å². The lowest BCUT2D eigenvalue weighted by molar-refractivity contribution is -0.138. The van der Waals surface area contributed by atoms with Crippen LogP contribution < -0.4 is 4.72 Å². The molecule has 1 aromatic carbocycles. The molecule has 0 amide bonds. The second-order valence-electron chi connectivity index (χ2n) is 4.36. The average molecular weight is 271 g/mol. The van der Waals surface area contributed by atoms with Crippen molar-refractivity contribution >= 4 is 16.0 Å². The molecule has 100 valence electrons. The van der Waals surface area contributed by atoms with Crippen LogP contribution in [0.5, 0.6) is 0 Å². The molecule has 0 saturated heterocycles. The maximum absolute atomic E-state index is 11.7. The number of rotatable bonds is 5. The molecule has 1 unspecified atom stereocenters. The first kappa shape index (κ1) is 14.7. The predicted molar refractivity (Wildman–Crippen MR) is 68.8 cm³/mol. The van der Waals surface area contributed by atoms with E-state index in [0.29, 0.717) is 5.56 Å². The predicted octanol–water partition coefficient (Wildman–Crippen LogP) is 1.20. The van der Waals surface area contributed by atoms with Gasteiger partial charge in [0.25, 0.3) is 0 Å². The Morgan fingerprint density at radius 1 is 1.33 bits per heavy atom. The molecule has 1 aromatic rings. The minimum atomic E-state index is -3.64. The Morgan fingerprint density at radius 2 is 1.94 bits per heavy atom. The molecule has 6 heteroatoms. The molecule has 0 saturated carbocycles. The van der Waals surface area contributed by atoms with Crippen molar-refractivity contribution in [2.45, 2.75) is 32.6 Å². The van der Waals surface area contributed by atoms with E-state index in [0.717, 1.165) is 11.1 Å². The molecule has 2 N–H and O–H groups in total. The quantitative estimate of drug-likeness (QED) is 0.842. The van der Waals surface area contributed by atoms with E-state index in [4.69, 9.17) is 5.11 Å². The molecule has 1 rings (SSSR count). The SMILES string of the molecule is Cc1ccc(CS(=O)(=O)NC(C)C(=O)O)cc1C. The van der Waals surface area contributed by atoms with E-state index < -0.39 is 22.0 Å². The van der Waals surface area contributed by atoms with E-state index in [1.165, 1.54) is 6.92 Å². The third-order valence-corrected chi connectivity index (χ3v) is 4.08. The van der Waals surface area contributed by atoms with Gasteiger partial charge >= 0.3 is 5.97 Å². The zero-order valence-corrected chi connectivity index (χ0v) is 11.4. The van der Waals surface area contributed by atoms with Gasteiger partial charge in [-0.1, -0.05) is 18.2 Å². The lowest BCUT2D eigenvalue weighted by atomic mass is 10.1. The summed E-state index contributed by atoms with van der Waals surface area (Å²) >= 11 is 0. The van der Waals surface area contributed by atoms with Crippen LogP contribution in [-0.4, -0.2) is 25.5 Å². The number of hydrogen-bond acceptors (Lipinski definition) is 3. The molecular weight excluding hydrogens is 254 g/mol. The van der Waals surface area contributed by atoms with Crippen LogP contribution in [0.2, 0.25) is 0 Å². The maximum Gasteiger partial charge on any atom is 0.321 e. The van der Waals surface area contributed by atoms with Crippen LogP contribution in [0.3, 0.4) is 0 Å². The zero-order chi connectivity index (χ0) is 13.9. The van der Waals surface area contributed by atoms with E-state index >= 15 is 0 Å². The van der Waals surface area contributed by atoms with Crippen LogP contribution >= 0.6 is 0 Å². The average Bonchev–Trinajstić information content (AvgIpc) is 2.22. The summed E-state index contributed by atoms with van der Waals surface area (Å²) in [7, 11) is -3.64. The molecule has 0 bridgehead atoms. The Labute approximate surface area is 107 Å². The number of carbonyl (C=O) groups is 1. The first-order chi connectivity index (χ1) is 8.21. The molecule has 0 spiro atoms. The van der Waals surface area contributed by atoms with Crippen LogP contribution in [0, 0.1) is 13.8 Å². The smallest absolute Gasteiger partial charge is 0.321 e. The number of carboxylic acids is 1. The lowest BCUT2D eigenvalue weighted by Gasteiger charge is -2.11. The number of carboxylic acid groups (broad SMARTS) is 1. The van der Waals surface area contributed by atoms with Crippen LogP contribution in [0.25, 0.3) is 0 Å². The summed E-state index contributed by atoms with van der Waals surface area (Å²) in [6, 6.07) is 4.25. The Morgan fingerprint density at radius 3 is 2.44 bits per heavy atom. The van der Waals surface area contributed by atoms with Gasteiger partial charge in [0.15, 0.2) is 0 Å². The van der Waals surface area contributed by atoms with Crippen molar-refractivity contribution in [3.8, 4) is 0 Å². The lowest BCUT2D eigenvalue weighted by Crippen LogP contribution is -2.38. The van der Waals surface area contributed by atoms with Crippen molar-refractivity contribution in [3.63, 3.8) is 0 Å². The fourth-order valence-electron chi connectivity index (χ4n) is 1.47. The van der Waals surface area contributed by atoms with E-state index in [9.17, 15) is 13.2 Å². The van der Waals surface area contributed by atoms with E-state index in [1.54, 1.807) is 12.1 Å². The van der Waals surface area contributed by atoms with Gasteiger partial charge in [0.1, 0.15) is 6.04 Å². The van der Waals surface area contributed by atoms with Crippen molar-refractivity contribution in [1.82, 2.24) is 4.72 Å². The number of sulfonamides is 1. The molecule has 0 heterocycles. The highest BCUT2D eigenvalue weighted by molar-refractivity contribution is 7.88. The molecule has 5 nitrogen and oxygen atoms in total. The Bertz CT molecular complexity index is 551. The van der Waals surface area contributed by atoms with Gasteiger partial charge in [-0.2, -0.15) is 0 Å². The van der Waals surface area contributed by atoms with Gasteiger partial charge in [0.2, 0.25) is 10.0 Å². The summed E-state index contributed by atoms with van der Waals surface area (Å²) in [5.74, 6) is -1.41. The molecule has 0 aromatic heterocycles. The van der Waals surface area contributed by atoms with Crippen molar-refractivity contribution in [2.24, 2.45) is 0 Å². The molecule has 0 aliphatic heterocycles. The molecule has 0 aliphatic carbocycles. The van der Waals surface area contributed by atoms with Crippen molar-refractivity contribution in [3.05, 3.63) is 34.9 Å². The topological polar surface area (TPSA) is 83.5 Å². The normalized spacial score (nSPS) is 13.3. The zero-order valence-electron chi connectivity index (χ0n) is 10.6. The van der Waals surface area contributed by atoms with Crippen molar-refractivity contribution in [1.29, 1.82) is 0 Å². The monoisotopic (exact) mass is 271 g/mol. The standard InChI is InChI=1S/C12H17NO4S/c1-8-4-5-11(6-9(8)2)7-18(16,17)13-10(3)12(14)15/h4-6,10,13H,7H2,1-3H3,(H,14,15). The minimum Gasteiger partial charge on any atom is -0.480 e. The highest BCUT2D eigenvalue weighted by Crippen LogP contribution is 2.12. The number of hydrogen-bond donors (Lipinski definition) is 2. The summed E-state index contributed by atoms with van der Waals surface area (Å²) in [6.45, 7) is 5.14. The highest BCUT2D eigenvalue weighted by atomic mass is 32.2. The third-order valence-electron chi connectivity index (χ3n) is 2.65. The van der Waals surface area contributed by atoms with Crippen LogP contribution in [0.4, 0.5) is 0 Å². The maximum atomic E-state index is 11.7. The van der Waals surface area contributed by atoms with E-state index in [-0.39, 0.29) is 5.75 Å². The summed E-state index contributed by atoms with van der Waals surface area (Å²) in [6.07, 6.45) is 0. The van der Waals surface area contributed by atoms with Gasteiger partial charge in [-0.05, 0) is 37.5 Å². The summed E-state index contributed by atoms with van der Waals surface area (Å²) in [5, 5.41) is 8.66. The first-order valence-electron chi connectivity index (χ1n) is 5.50. The summed E-state index contributed by atoms with van der Waals surface area (Å²) < 4.78 is 25.6. The van der Waals surface area contributed by atoms with Gasteiger partial charge in [0.05, 0.1) is 5.75 Å². The van der Waals surface area contributed by atoms with Gasteiger partial charge < -0.3 is 5.11 Å².